The number of ether oxygens (including phenoxy) is 2. The SMILES string of the molecule is CCCC(CCC)S(=O)(=O)CC(NC(=O)OCc1ccccc1)C(=O)N[C@@H](Cc1cc(F)cc(F)c1)[C@H](O)CNCCc1cccc(OC)c1.O=C(O)C(F)(F)F. The van der Waals surface area contributed by atoms with Crippen molar-refractivity contribution in [1.29, 1.82) is 0 Å². The normalized spacial score (nSPS) is 13.1. The monoisotopic (exact) mass is 831 g/mol. The van der Waals surface area contributed by atoms with Crippen molar-refractivity contribution in [2.75, 3.05) is 26.0 Å². The van der Waals surface area contributed by atoms with Gasteiger partial charge in [0, 0.05) is 12.6 Å². The first-order valence-corrected chi connectivity index (χ1v) is 19.9. The van der Waals surface area contributed by atoms with E-state index in [0.717, 1.165) is 17.7 Å². The zero-order chi connectivity index (χ0) is 42.6. The Bertz CT molecular complexity index is 1790. The van der Waals surface area contributed by atoms with Gasteiger partial charge in [0.1, 0.15) is 30.0 Å². The molecular formula is C39H50F5N3O9S. The summed E-state index contributed by atoms with van der Waals surface area (Å²) in [5.41, 5.74) is 1.84. The Morgan fingerprint density at radius 2 is 1.44 bits per heavy atom. The number of benzene rings is 3. The minimum Gasteiger partial charge on any atom is -0.497 e. The number of aliphatic hydroxyl groups is 1. The van der Waals surface area contributed by atoms with Gasteiger partial charge in [-0.05, 0) is 73.2 Å². The average Bonchev–Trinajstić information content (AvgIpc) is 3.15. The summed E-state index contributed by atoms with van der Waals surface area (Å²) in [6.45, 7) is 4.06. The van der Waals surface area contributed by atoms with Crippen LogP contribution < -0.4 is 20.7 Å². The Labute approximate surface area is 329 Å². The van der Waals surface area contributed by atoms with E-state index < -0.39 is 74.8 Å². The maximum atomic E-state index is 14.1. The fourth-order valence-corrected chi connectivity index (χ4v) is 7.77. The Morgan fingerprint density at radius 3 is 2.00 bits per heavy atom. The van der Waals surface area contributed by atoms with E-state index in [0.29, 0.717) is 56.0 Å². The molecule has 0 aliphatic rings. The highest BCUT2D eigenvalue weighted by Gasteiger charge is 2.38. The van der Waals surface area contributed by atoms with Crippen molar-refractivity contribution in [3.63, 3.8) is 0 Å². The van der Waals surface area contributed by atoms with Crippen LogP contribution in [0.25, 0.3) is 0 Å². The van der Waals surface area contributed by atoms with Crippen molar-refractivity contribution in [2.45, 2.75) is 88.6 Å². The number of carboxylic acids is 1. The molecule has 2 amide bonds. The van der Waals surface area contributed by atoms with Crippen molar-refractivity contribution >= 4 is 27.8 Å². The third-order valence-electron chi connectivity index (χ3n) is 8.44. The first kappa shape index (κ1) is 48.3. The Kier molecular flexibility index (Phi) is 20.4. The molecule has 0 bridgehead atoms. The van der Waals surface area contributed by atoms with Crippen molar-refractivity contribution < 1.29 is 64.4 Å². The van der Waals surface area contributed by atoms with Crippen LogP contribution in [0.5, 0.6) is 5.75 Å². The molecule has 3 atom stereocenters. The third-order valence-corrected chi connectivity index (χ3v) is 10.7. The number of carbonyl (C=O) groups is 3. The molecule has 12 nitrogen and oxygen atoms in total. The van der Waals surface area contributed by atoms with Crippen molar-refractivity contribution in [1.82, 2.24) is 16.0 Å². The molecule has 18 heteroatoms. The van der Waals surface area contributed by atoms with Gasteiger partial charge in [-0.2, -0.15) is 13.2 Å². The van der Waals surface area contributed by atoms with E-state index >= 15 is 0 Å². The van der Waals surface area contributed by atoms with Crippen molar-refractivity contribution in [3.8, 4) is 5.75 Å². The van der Waals surface area contributed by atoms with Gasteiger partial charge < -0.3 is 35.6 Å². The lowest BCUT2D eigenvalue weighted by Gasteiger charge is -2.28. The number of halogens is 5. The largest absolute Gasteiger partial charge is 0.497 e. The lowest BCUT2D eigenvalue weighted by Crippen LogP contribution is -2.57. The maximum absolute atomic E-state index is 14.1. The number of carbonyl (C=O) groups excluding carboxylic acids is 2. The minimum absolute atomic E-state index is 0.0166. The number of sulfone groups is 1. The molecule has 0 aromatic heterocycles. The Hall–Kier alpha value is -4.81. The molecule has 316 valence electrons. The summed E-state index contributed by atoms with van der Waals surface area (Å²) < 4.78 is 97.7. The molecule has 0 saturated heterocycles. The van der Waals surface area contributed by atoms with Crippen LogP contribution >= 0.6 is 0 Å². The van der Waals surface area contributed by atoms with Gasteiger partial charge in [0.15, 0.2) is 9.84 Å². The highest BCUT2D eigenvalue weighted by Crippen LogP contribution is 2.18. The fraction of sp³-hybridized carbons (Fsp3) is 0.462. The summed E-state index contributed by atoms with van der Waals surface area (Å²) in [5, 5.41) is 25.9. The molecule has 0 aliphatic heterocycles. The van der Waals surface area contributed by atoms with Gasteiger partial charge in [-0.15, -0.1) is 0 Å². The maximum Gasteiger partial charge on any atom is 0.490 e. The smallest absolute Gasteiger partial charge is 0.490 e. The second-order valence-corrected chi connectivity index (χ2v) is 15.4. The summed E-state index contributed by atoms with van der Waals surface area (Å²) in [4.78, 5) is 35.6. The van der Waals surface area contributed by atoms with Crippen LogP contribution in [0.1, 0.15) is 56.2 Å². The molecule has 3 rings (SSSR count). The van der Waals surface area contributed by atoms with Crippen LogP contribution in [-0.4, -0.2) is 92.2 Å². The van der Waals surface area contributed by atoms with E-state index in [-0.39, 0.29) is 25.1 Å². The molecule has 0 fully saturated rings. The number of methoxy groups -OCH3 is 1. The molecule has 3 aromatic rings. The van der Waals surface area contributed by atoms with Crippen LogP contribution in [0.4, 0.5) is 26.7 Å². The molecule has 0 radical (unpaired) electrons. The van der Waals surface area contributed by atoms with Gasteiger partial charge in [0.25, 0.3) is 0 Å². The molecule has 0 spiro atoms. The van der Waals surface area contributed by atoms with Crippen LogP contribution in [0.15, 0.2) is 72.8 Å². The lowest BCUT2D eigenvalue weighted by molar-refractivity contribution is -0.192. The molecule has 0 heterocycles. The van der Waals surface area contributed by atoms with E-state index in [4.69, 9.17) is 19.4 Å². The van der Waals surface area contributed by atoms with E-state index in [1.54, 1.807) is 37.4 Å². The zero-order valence-corrected chi connectivity index (χ0v) is 32.7. The van der Waals surface area contributed by atoms with Gasteiger partial charge in [-0.25, -0.2) is 26.8 Å². The van der Waals surface area contributed by atoms with Crippen LogP contribution in [0, 0.1) is 11.6 Å². The number of nitrogens with one attached hydrogen (secondary N) is 3. The summed E-state index contributed by atoms with van der Waals surface area (Å²) in [6.07, 6.45) is -4.96. The first-order valence-electron chi connectivity index (χ1n) is 18.1. The van der Waals surface area contributed by atoms with Gasteiger partial charge in [0.2, 0.25) is 5.91 Å². The van der Waals surface area contributed by atoms with Crippen molar-refractivity contribution in [2.24, 2.45) is 0 Å². The third kappa shape index (κ3) is 18.3. The molecule has 1 unspecified atom stereocenters. The highest BCUT2D eigenvalue weighted by molar-refractivity contribution is 7.92. The van der Waals surface area contributed by atoms with Crippen molar-refractivity contribution in [3.05, 3.63) is 101 Å². The molecular weight excluding hydrogens is 781 g/mol. The summed E-state index contributed by atoms with van der Waals surface area (Å²) in [6, 6.07) is 16.5. The standard InChI is InChI=1S/C37H49F2N3O7S.C2HF3O2/c1-4-10-32(11-5-2)50(46,47)25-34(42-37(45)49-24-27-12-7-6-8-13-27)36(44)41-33(21-28-18-29(38)22-30(39)19-28)35(43)23-40-17-16-26-14-9-15-31(20-26)48-3;3-2(4,5)1(6)7/h6-9,12-15,18-20,22,32-35,40,43H,4-5,10-11,16-17,21,23-25H2,1-3H3,(H,41,44)(H,42,45);(H,6,7)/t33-,34?,35+;/m0./s1. The van der Waals surface area contributed by atoms with Crippen LogP contribution in [0.2, 0.25) is 0 Å². The highest BCUT2D eigenvalue weighted by atomic mass is 32.2. The zero-order valence-electron chi connectivity index (χ0n) is 31.9. The van der Waals surface area contributed by atoms with Gasteiger partial charge in [-0.3, -0.25) is 4.79 Å². The van der Waals surface area contributed by atoms with Gasteiger partial charge >= 0.3 is 18.2 Å². The topological polar surface area (TPSA) is 180 Å². The quantitative estimate of drug-likeness (QED) is 0.0680. The number of hydrogen-bond donors (Lipinski definition) is 5. The summed E-state index contributed by atoms with van der Waals surface area (Å²) >= 11 is 0. The first-order chi connectivity index (χ1) is 26.9. The summed E-state index contributed by atoms with van der Waals surface area (Å²) in [7, 11) is -2.32. The summed E-state index contributed by atoms with van der Waals surface area (Å²) in [5.74, 6) is -5.32. The molecule has 0 aliphatic carbocycles. The molecule has 0 saturated carbocycles. The van der Waals surface area contributed by atoms with E-state index in [2.05, 4.69) is 16.0 Å². The van der Waals surface area contributed by atoms with Gasteiger partial charge in [-0.1, -0.05) is 69.2 Å². The Morgan fingerprint density at radius 1 is 0.842 bits per heavy atom. The Balaban J connectivity index is 0.00000146. The van der Waals surface area contributed by atoms with Crippen LogP contribution in [0.3, 0.4) is 0 Å². The predicted molar refractivity (Wildman–Crippen MR) is 202 cm³/mol. The average molecular weight is 832 g/mol. The number of carboxylic acid groups (broad SMARTS) is 1. The predicted octanol–water partition coefficient (Wildman–Crippen LogP) is 5.51. The molecule has 5 N–H and O–H groups in total. The molecule has 3 aromatic carbocycles. The van der Waals surface area contributed by atoms with Crippen LogP contribution in [-0.2, 0) is 43.6 Å². The molecule has 57 heavy (non-hydrogen) atoms. The number of amides is 2. The number of aliphatic carboxylic acids is 1. The second-order valence-electron chi connectivity index (χ2n) is 13.1. The van der Waals surface area contributed by atoms with E-state index in [1.807, 2.05) is 38.1 Å². The van der Waals surface area contributed by atoms with E-state index in [1.165, 1.54) is 0 Å². The number of alkyl carbamates (subject to hydrolysis) is 1. The van der Waals surface area contributed by atoms with E-state index in [9.17, 15) is 45.1 Å². The second kappa shape index (κ2) is 24.1. The minimum atomic E-state index is -5.08. The van der Waals surface area contributed by atoms with Gasteiger partial charge in [0.05, 0.1) is 30.3 Å². The number of alkyl halides is 3. The number of aliphatic hydroxyl groups excluding tert-OH is 1. The fourth-order valence-electron chi connectivity index (χ4n) is 5.61. The number of rotatable bonds is 21. The number of hydrogen-bond acceptors (Lipinski definition) is 9. The lowest BCUT2D eigenvalue weighted by atomic mass is 10.00.